The lowest BCUT2D eigenvalue weighted by Gasteiger charge is -2.55. The Morgan fingerprint density at radius 2 is 2.25 bits per heavy atom. The number of aliphatic hydroxyl groups excluding tert-OH is 1. The van der Waals surface area contributed by atoms with Gasteiger partial charge in [-0.15, -0.1) is 0 Å². The molecule has 1 spiro atoms. The smallest absolute Gasteiger partial charge is 0.0956 e. The van der Waals surface area contributed by atoms with Gasteiger partial charge in [0.2, 0.25) is 0 Å². The van der Waals surface area contributed by atoms with E-state index in [4.69, 9.17) is 4.74 Å². The van der Waals surface area contributed by atoms with Crippen molar-refractivity contribution in [3.63, 3.8) is 0 Å². The molecule has 2 aliphatic rings. The van der Waals surface area contributed by atoms with Crippen LogP contribution < -0.4 is 0 Å². The van der Waals surface area contributed by atoms with Gasteiger partial charge in [-0.05, 0) is 6.42 Å². The lowest BCUT2D eigenvalue weighted by Crippen LogP contribution is -2.68. The first kappa shape index (κ1) is 8.48. The van der Waals surface area contributed by atoms with Gasteiger partial charge < -0.3 is 9.84 Å². The van der Waals surface area contributed by atoms with E-state index in [1.54, 1.807) is 0 Å². The maximum atomic E-state index is 9.37. The fourth-order valence-electron chi connectivity index (χ4n) is 1.97. The van der Waals surface area contributed by atoms with E-state index in [0.29, 0.717) is 0 Å². The van der Waals surface area contributed by atoms with E-state index in [-0.39, 0.29) is 11.7 Å². The van der Waals surface area contributed by atoms with Crippen molar-refractivity contribution >= 4 is 0 Å². The number of hydrogen-bond donors (Lipinski definition) is 1. The van der Waals surface area contributed by atoms with E-state index in [1.165, 1.54) is 6.42 Å². The van der Waals surface area contributed by atoms with Crippen molar-refractivity contribution in [1.82, 2.24) is 4.90 Å². The van der Waals surface area contributed by atoms with Gasteiger partial charge in [0.05, 0.1) is 18.3 Å². The molecule has 70 valence electrons. The van der Waals surface area contributed by atoms with Crippen LogP contribution in [0.1, 0.15) is 19.8 Å². The molecule has 1 atom stereocenters. The van der Waals surface area contributed by atoms with Gasteiger partial charge in [-0.25, -0.2) is 0 Å². The van der Waals surface area contributed by atoms with Crippen LogP contribution in [-0.2, 0) is 4.74 Å². The predicted octanol–water partition coefficient (Wildman–Crippen LogP) is 0.232. The monoisotopic (exact) mass is 171 g/mol. The van der Waals surface area contributed by atoms with Crippen LogP contribution in [0.15, 0.2) is 0 Å². The van der Waals surface area contributed by atoms with Gasteiger partial charge in [0.25, 0.3) is 0 Å². The summed E-state index contributed by atoms with van der Waals surface area (Å²) in [5, 5.41) is 9.37. The molecule has 12 heavy (non-hydrogen) atoms. The van der Waals surface area contributed by atoms with E-state index in [2.05, 4.69) is 4.90 Å². The number of rotatable bonds is 3. The van der Waals surface area contributed by atoms with Crippen molar-refractivity contribution in [3.05, 3.63) is 0 Å². The van der Waals surface area contributed by atoms with Crippen LogP contribution >= 0.6 is 0 Å². The first-order chi connectivity index (χ1) is 5.74. The lowest BCUT2D eigenvalue weighted by molar-refractivity contribution is -0.224. The molecule has 0 saturated carbocycles. The number of ether oxygens (including phenoxy) is 1. The van der Waals surface area contributed by atoms with Gasteiger partial charge in [0, 0.05) is 26.1 Å². The van der Waals surface area contributed by atoms with Gasteiger partial charge in [-0.1, -0.05) is 6.92 Å². The standard InChI is InChI=1S/C9H17NO2/c1-2-8(11)5-10-6-9(7-10)3-4-12-9/h8,11H,2-7H2,1H3. The van der Waals surface area contributed by atoms with Gasteiger partial charge in [-0.2, -0.15) is 0 Å². The molecule has 0 aromatic carbocycles. The molecule has 0 aromatic heterocycles. The first-order valence-electron chi connectivity index (χ1n) is 4.78. The van der Waals surface area contributed by atoms with Crippen LogP contribution in [0.2, 0.25) is 0 Å². The van der Waals surface area contributed by atoms with E-state index in [9.17, 15) is 5.11 Å². The summed E-state index contributed by atoms with van der Waals surface area (Å²) in [6.45, 7) is 5.83. The second-order valence-corrected chi connectivity index (χ2v) is 4.01. The molecule has 1 unspecified atom stereocenters. The molecule has 0 aliphatic carbocycles. The summed E-state index contributed by atoms with van der Waals surface area (Å²) in [5.41, 5.74) is 0.216. The third-order valence-corrected chi connectivity index (χ3v) is 2.93. The van der Waals surface area contributed by atoms with Gasteiger partial charge in [-0.3, -0.25) is 4.90 Å². The summed E-state index contributed by atoms with van der Waals surface area (Å²) < 4.78 is 5.48. The Labute approximate surface area is 73.3 Å². The Hall–Kier alpha value is -0.120. The average Bonchev–Trinajstić information content (AvgIpc) is 1.91. The normalized spacial score (nSPS) is 29.5. The minimum absolute atomic E-state index is 0.151. The maximum Gasteiger partial charge on any atom is 0.0956 e. The van der Waals surface area contributed by atoms with Crippen LogP contribution in [0, 0.1) is 0 Å². The highest BCUT2D eigenvalue weighted by molar-refractivity contribution is 5.01. The molecule has 3 nitrogen and oxygen atoms in total. The maximum absolute atomic E-state index is 9.37. The van der Waals surface area contributed by atoms with Gasteiger partial charge >= 0.3 is 0 Å². The van der Waals surface area contributed by atoms with Crippen molar-refractivity contribution in [2.45, 2.75) is 31.5 Å². The Kier molecular flexibility index (Phi) is 2.10. The predicted molar refractivity (Wildman–Crippen MR) is 46.0 cm³/mol. The first-order valence-corrected chi connectivity index (χ1v) is 4.78. The highest BCUT2D eigenvalue weighted by Gasteiger charge is 2.48. The molecule has 2 heterocycles. The van der Waals surface area contributed by atoms with Crippen LogP contribution in [0.5, 0.6) is 0 Å². The van der Waals surface area contributed by atoms with Crippen molar-refractivity contribution in [3.8, 4) is 0 Å². The van der Waals surface area contributed by atoms with Crippen molar-refractivity contribution in [2.75, 3.05) is 26.2 Å². The van der Waals surface area contributed by atoms with Gasteiger partial charge in [0.15, 0.2) is 0 Å². The molecule has 0 amide bonds. The third kappa shape index (κ3) is 1.37. The molecule has 1 N–H and O–H groups in total. The van der Waals surface area contributed by atoms with Crippen LogP contribution in [0.3, 0.4) is 0 Å². The molecule has 0 aromatic rings. The van der Waals surface area contributed by atoms with Crippen molar-refractivity contribution in [2.24, 2.45) is 0 Å². The largest absolute Gasteiger partial charge is 0.392 e. The van der Waals surface area contributed by atoms with Crippen molar-refractivity contribution in [1.29, 1.82) is 0 Å². The minimum atomic E-state index is -0.151. The molecule has 2 fully saturated rings. The Bertz CT molecular complexity index is 157. The zero-order valence-corrected chi connectivity index (χ0v) is 7.62. The fourth-order valence-corrected chi connectivity index (χ4v) is 1.97. The van der Waals surface area contributed by atoms with Crippen LogP contribution in [-0.4, -0.2) is 48.0 Å². The SMILES string of the molecule is CCC(O)CN1CC2(CCO2)C1. The second-order valence-electron chi connectivity index (χ2n) is 4.01. The zero-order valence-electron chi connectivity index (χ0n) is 7.62. The molecule has 3 heteroatoms. The number of nitrogens with zero attached hydrogens (tertiary/aromatic N) is 1. The molecular weight excluding hydrogens is 154 g/mol. The molecular formula is C9H17NO2. The molecule has 0 bridgehead atoms. The second kappa shape index (κ2) is 2.98. The average molecular weight is 171 g/mol. The molecule has 0 radical (unpaired) electrons. The Balaban J connectivity index is 1.67. The fraction of sp³-hybridized carbons (Fsp3) is 1.00. The summed E-state index contributed by atoms with van der Waals surface area (Å²) in [6.07, 6.45) is 1.92. The Morgan fingerprint density at radius 1 is 1.58 bits per heavy atom. The molecule has 2 saturated heterocycles. The molecule has 2 aliphatic heterocycles. The topological polar surface area (TPSA) is 32.7 Å². The number of hydrogen-bond acceptors (Lipinski definition) is 3. The summed E-state index contributed by atoms with van der Waals surface area (Å²) in [5.74, 6) is 0. The summed E-state index contributed by atoms with van der Waals surface area (Å²) in [6, 6.07) is 0. The van der Waals surface area contributed by atoms with E-state index >= 15 is 0 Å². The number of aliphatic hydroxyl groups is 1. The minimum Gasteiger partial charge on any atom is -0.392 e. The lowest BCUT2D eigenvalue weighted by atomic mass is 9.86. The quantitative estimate of drug-likeness (QED) is 0.660. The summed E-state index contributed by atoms with van der Waals surface area (Å²) >= 11 is 0. The van der Waals surface area contributed by atoms with Crippen LogP contribution in [0.4, 0.5) is 0 Å². The zero-order chi connectivity index (χ0) is 8.60. The summed E-state index contributed by atoms with van der Waals surface area (Å²) in [4.78, 5) is 2.27. The number of likely N-dealkylation sites (tertiary alicyclic amines) is 1. The summed E-state index contributed by atoms with van der Waals surface area (Å²) in [7, 11) is 0. The third-order valence-electron chi connectivity index (χ3n) is 2.93. The molecule has 2 rings (SSSR count). The highest BCUT2D eigenvalue weighted by Crippen LogP contribution is 2.35. The van der Waals surface area contributed by atoms with E-state index < -0.39 is 0 Å². The van der Waals surface area contributed by atoms with Gasteiger partial charge in [0.1, 0.15) is 0 Å². The van der Waals surface area contributed by atoms with Crippen molar-refractivity contribution < 1.29 is 9.84 Å². The Morgan fingerprint density at radius 3 is 2.67 bits per heavy atom. The van der Waals surface area contributed by atoms with E-state index in [1.807, 2.05) is 6.92 Å². The highest BCUT2D eigenvalue weighted by atomic mass is 16.5. The van der Waals surface area contributed by atoms with E-state index in [0.717, 1.165) is 32.7 Å². The number of β-amino-alcohol motifs (C(OH)–C–C–N with tert-alkyl or cyclic N) is 1. The van der Waals surface area contributed by atoms with Crippen LogP contribution in [0.25, 0.3) is 0 Å².